The second-order valence-corrected chi connectivity index (χ2v) is 4.84. The number of benzene rings is 1. The molecule has 0 fully saturated rings. The van der Waals surface area contributed by atoms with Crippen molar-refractivity contribution in [2.75, 3.05) is 18.4 Å². The molecule has 0 saturated carbocycles. The van der Waals surface area contributed by atoms with Gasteiger partial charge in [-0.3, -0.25) is 14.9 Å². The fraction of sp³-hybridized carbons (Fsp3) is 0.250. The summed E-state index contributed by atoms with van der Waals surface area (Å²) >= 11 is 0. The number of carbonyl (C=O) groups is 1. The molecule has 0 aliphatic carbocycles. The van der Waals surface area contributed by atoms with Gasteiger partial charge in [0, 0.05) is 30.4 Å². The Kier molecular flexibility index (Phi) is 5.24. The summed E-state index contributed by atoms with van der Waals surface area (Å²) in [7, 11) is 0. The quantitative estimate of drug-likeness (QED) is 0.653. The summed E-state index contributed by atoms with van der Waals surface area (Å²) in [5, 5.41) is 13.6. The molecule has 1 N–H and O–H groups in total. The zero-order chi connectivity index (χ0) is 16.8. The van der Waals surface area contributed by atoms with Gasteiger partial charge >= 0.3 is 0 Å². The lowest BCUT2D eigenvalue weighted by Gasteiger charge is -2.18. The summed E-state index contributed by atoms with van der Waals surface area (Å²) in [6, 6.07) is 9.96. The van der Waals surface area contributed by atoms with Gasteiger partial charge in [-0.25, -0.2) is 4.98 Å². The molecule has 1 aromatic heterocycles. The average Bonchev–Trinajstić information content (AvgIpc) is 2.57. The predicted molar refractivity (Wildman–Crippen MR) is 87.9 cm³/mol. The smallest absolute Gasteiger partial charge is 0.287 e. The van der Waals surface area contributed by atoms with E-state index in [1.54, 1.807) is 29.2 Å². The second-order valence-electron chi connectivity index (χ2n) is 4.84. The van der Waals surface area contributed by atoms with E-state index in [9.17, 15) is 14.9 Å². The highest BCUT2D eigenvalue weighted by molar-refractivity contribution is 5.94. The van der Waals surface area contributed by atoms with Crippen LogP contribution in [0.4, 0.5) is 17.2 Å². The van der Waals surface area contributed by atoms with Crippen molar-refractivity contribution >= 4 is 23.1 Å². The van der Waals surface area contributed by atoms with Gasteiger partial charge in [0.25, 0.3) is 11.6 Å². The summed E-state index contributed by atoms with van der Waals surface area (Å²) in [5.41, 5.74) is 1.31. The molecule has 1 aromatic carbocycles. The number of nitro groups is 1. The molecule has 2 rings (SSSR count). The van der Waals surface area contributed by atoms with Crippen LogP contribution in [0.25, 0.3) is 0 Å². The lowest BCUT2D eigenvalue weighted by Crippen LogP contribution is -2.30. The third kappa shape index (κ3) is 4.03. The Hall–Kier alpha value is -2.96. The highest BCUT2D eigenvalue weighted by Gasteiger charge is 2.12. The summed E-state index contributed by atoms with van der Waals surface area (Å²) in [6.07, 6.45) is 1.20. The van der Waals surface area contributed by atoms with E-state index < -0.39 is 4.92 Å². The van der Waals surface area contributed by atoms with Gasteiger partial charge in [-0.1, -0.05) is 0 Å². The van der Waals surface area contributed by atoms with E-state index in [1.807, 2.05) is 13.8 Å². The van der Waals surface area contributed by atoms with Crippen LogP contribution in [0.1, 0.15) is 24.2 Å². The molecule has 1 heterocycles. The molecule has 0 aliphatic rings. The van der Waals surface area contributed by atoms with E-state index in [0.717, 1.165) is 5.69 Å². The van der Waals surface area contributed by atoms with E-state index in [1.165, 1.54) is 18.3 Å². The van der Waals surface area contributed by atoms with Crippen LogP contribution in [-0.2, 0) is 0 Å². The summed E-state index contributed by atoms with van der Waals surface area (Å²) in [4.78, 5) is 28.0. The molecule has 0 atom stereocenters. The van der Waals surface area contributed by atoms with E-state index in [4.69, 9.17) is 0 Å². The lowest BCUT2D eigenvalue weighted by atomic mass is 10.1. The lowest BCUT2D eigenvalue weighted by molar-refractivity contribution is -0.385. The topological polar surface area (TPSA) is 88.4 Å². The zero-order valence-corrected chi connectivity index (χ0v) is 13.0. The highest BCUT2D eigenvalue weighted by Crippen LogP contribution is 2.18. The Morgan fingerprint density at radius 3 is 2.30 bits per heavy atom. The molecule has 0 aliphatic heterocycles. The van der Waals surface area contributed by atoms with E-state index in [0.29, 0.717) is 24.5 Å². The monoisotopic (exact) mass is 314 g/mol. The van der Waals surface area contributed by atoms with Crippen LogP contribution in [0.15, 0.2) is 42.6 Å². The Labute approximate surface area is 134 Å². The molecule has 0 bridgehead atoms. The zero-order valence-electron chi connectivity index (χ0n) is 13.0. The maximum absolute atomic E-state index is 12.2. The third-order valence-electron chi connectivity index (χ3n) is 3.41. The van der Waals surface area contributed by atoms with Crippen molar-refractivity contribution in [1.29, 1.82) is 0 Å². The first-order chi connectivity index (χ1) is 11.0. The van der Waals surface area contributed by atoms with Gasteiger partial charge in [0.2, 0.25) is 0 Å². The summed E-state index contributed by atoms with van der Waals surface area (Å²) < 4.78 is 0. The van der Waals surface area contributed by atoms with Crippen LogP contribution in [0.2, 0.25) is 0 Å². The molecular weight excluding hydrogens is 296 g/mol. The first-order valence-electron chi connectivity index (χ1n) is 7.32. The van der Waals surface area contributed by atoms with Crippen molar-refractivity contribution < 1.29 is 9.72 Å². The molecule has 1 amide bonds. The van der Waals surface area contributed by atoms with E-state index >= 15 is 0 Å². The summed E-state index contributed by atoms with van der Waals surface area (Å²) in [5.74, 6) is 0.494. The van der Waals surface area contributed by atoms with Crippen molar-refractivity contribution in [1.82, 2.24) is 9.88 Å². The van der Waals surface area contributed by atoms with Crippen molar-refractivity contribution in [2.45, 2.75) is 13.8 Å². The minimum atomic E-state index is -0.496. The SMILES string of the molecule is CCN(CC)C(=O)c1ccc(Nc2ccc([N+](=O)[O-])cn2)cc1. The standard InChI is InChI=1S/C16H18N4O3/c1-3-19(4-2)16(21)12-5-7-13(8-6-12)18-15-10-9-14(11-17-15)20(22)23/h5-11H,3-4H2,1-2H3,(H,17,18). The first kappa shape index (κ1) is 16.4. The number of nitrogens with one attached hydrogen (secondary N) is 1. The molecule has 120 valence electrons. The van der Waals surface area contributed by atoms with Crippen molar-refractivity contribution in [3.8, 4) is 0 Å². The molecule has 0 unspecified atom stereocenters. The van der Waals surface area contributed by atoms with Gasteiger partial charge < -0.3 is 10.2 Å². The van der Waals surface area contributed by atoms with Crippen LogP contribution in [0.5, 0.6) is 0 Å². The van der Waals surface area contributed by atoms with Crippen LogP contribution < -0.4 is 5.32 Å². The van der Waals surface area contributed by atoms with E-state index in [-0.39, 0.29) is 11.6 Å². The Morgan fingerprint density at radius 2 is 1.83 bits per heavy atom. The van der Waals surface area contributed by atoms with Gasteiger partial charge in [0.1, 0.15) is 12.0 Å². The van der Waals surface area contributed by atoms with Crippen LogP contribution >= 0.6 is 0 Å². The molecule has 0 spiro atoms. The van der Waals surface area contributed by atoms with Gasteiger partial charge in [0.05, 0.1) is 4.92 Å². The predicted octanol–water partition coefficient (Wildman–Crippen LogP) is 3.22. The number of hydrogen-bond acceptors (Lipinski definition) is 5. The fourth-order valence-corrected chi connectivity index (χ4v) is 2.11. The first-order valence-corrected chi connectivity index (χ1v) is 7.32. The second kappa shape index (κ2) is 7.35. The van der Waals surface area contributed by atoms with Crippen molar-refractivity contribution in [3.05, 3.63) is 58.3 Å². The molecule has 0 radical (unpaired) electrons. The van der Waals surface area contributed by atoms with Gasteiger partial charge in [-0.15, -0.1) is 0 Å². The molecule has 7 nitrogen and oxygen atoms in total. The number of hydrogen-bond donors (Lipinski definition) is 1. The number of nitrogens with zero attached hydrogens (tertiary/aromatic N) is 3. The molecule has 2 aromatic rings. The number of amides is 1. The highest BCUT2D eigenvalue weighted by atomic mass is 16.6. The number of rotatable bonds is 6. The minimum Gasteiger partial charge on any atom is -0.340 e. The third-order valence-corrected chi connectivity index (χ3v) is 3.41. The van der Waals surface area contributed by atoms with Gasteiger partial charge in [-0.05, 0) is 44.2 Å². The van der Waals surface area contributed by atoms with Crippen molar-refractivity contribution in [2.24, 2.45) is 0 Å². The van der Waals surface area contributed by atoms with Crippen LogP contribution in [-0.4, -0.2) is 33.8 Å². The number of carbonyl (C=O) groups excluding carboxylic acids is 1. The molecule has 0 saturated heterocycles. The number of anilines is 2. The van der Waals surface area contributed by atoms with Crippen molar-refractivity contribution in [3.63, 3.8) is 0 Å². The summed E-state index contributed by atoms with van der Waals surface area (Å²) in [6.45, 7) is 5.22. The Balaban J connectivity index is 2.07. The van der Waals surface area contributed by atoms with E-state index in [2.05, 4.69) is 10.3 Å². The van der Waals surface area contributed by atoms with Gasteiger partial charge in [0.15, 0.2) is 0 Å². The Morgan fingerprint density at radius 1 is 1.17 bits per heavy atom. The maximum atomic E-state index is 12.2. The number of aromatic nitrogens is 1. The van der Waals surface area contributed by atoms with Crippen LogP contribution in [0, 0.1) is 10.1 Å². The fourth-order valence-electron chi connectivity index (χ4n) is 2.11. The maximum Gasteiger partial charge on any atom is 0.287 e. The van der Waals surface area contributed by atoms with Crippen LogP contribution in [0.3, 0.4) is 0 Å². The molecule has 23 heavy (non-hydrogen) atoms. The van der Waals surface area contributed by atoms with Gasteiger partial charge in [-0.2, -0.15) is 0 Å². The average molecular weight is 314 g/mol. The largest absolute Gasteiger partial charge is 0.340 e. The number of pyridine rings is 1. The normalized spacial score (nSPS) is 10.2. The minimum absolute atomic E-state index is 0.00462. The Bertz CT molecular complexity index is 679. The molecular formula is C16H18N4O3. The molecule has 7 heteroatoms.